The number of hydrogen-bond acceptors (Lipinski definition) is 2. The van der Waals surface area contributed by atoms with E-state index in [1.54, 1.807) is 24.3 Å². The third-order valence-electron chi connectivity index (χ3n) is 10.0. The molecule has 0 amide bonds. The molecule has 0 saturated heterocycles. The molecule has 0 radical (unpaired) electrons. The standard InChI is InChI=1S/C32H33F3O2/c1-30-16-14-26-24-13-11-23(36)18-22(24)10-12-27(26)28(30)15-17-31(30,37)19-20-6-8-21(9-7-20)25-4-2-3-5-29(25)32(33,34)35/h2-9,11,13,18,26-28,36-37H,10,12,14-17,19H2,1H3/t26-,27-,28+,30+,31-/m1/s1. The van der Waals surface area contributed by atoms with Crippen LogP contribution in [-0.2, 0) is 19.0 Å². The van der Waals surface area contributed by atoms with E-state index in [1.165, 1.54) is 23.3 Å². The Morgan fingerprint density at radius 3 is 2.43 bits per heavy atom. The van der Waals surface area contributed by atoms with E-state index >= 15 is 0 Å². The topological polar surface area (TPSA) is 40.5 Å². The first-order valence-electron chi connectivity index (χ1n) is 13.4. The van der Waals surface area contributed by atoms with Crippen LogP contribution < -0.4 is 0 Å². The monoisotopic (exact) mass is 506 g/mol. The van der Waals surface area contributed by atoms with Crippen LogP contribution >= 0.6 is 0 Å². The summed E-state index contributed by atoms with van der Waals surface area (Å²) in [6, 6.07) is 18.8. The van der Waals surface area contributed by atoms with Gasteiger partial charge in [-0.3, -0.25) is 0 Å². The van der Waals surface area contributed by atoms with Gasteiger partial charge in [0.1, 0.15) is 5.75 Å². The van der Waals surface area contributed by atoms with Crippen LogP contribution in [0.5, 0.6) is 5.75 Å². The number of benzene rings is 3. The van der Waals surface area contributed by atoms with Crippen LogP contribution in [0.25, 0.3) is 11.1 Å². The average Bonchev–Trinajstić information content (AvgIpc) is 3.14. The lowest BCUT2D eigenvalue weighted by atomic mass is 9.53. The molecule has 3 aromatic carbocycles. The zero-order valence-electron chi connectivity index (χ0n) is 21.1. The second kappa shape index (κ2) is 8.62. The van der Waals surface area contributed by atoms with Gasteiger partial charge in [0, 0.05) is 6.42 Å². The number of hydrogen-bond donors (Lipinski definition) is 2. The molecule has 5 heteroatoms. The number of alkyl halides is 3. The SMILES string of the molecule is C[C@]12CC[C@@H]3c4ccc(O)cc4CC[C@H]3[C@@H]1CC[C@@]2(O)Cc1ccc(-c2ccccc2C(F)(F)F)cc1. The molecule has 5 atom stereocenters. The van der Waals surface area contributed by atoms with E-state index in [2.05, 4.69) is 13.0 Å². The van der Waals surface area contributed by atoms with Gasteiger partial charge in [-0.2, -0.15) is 13.2 Å². The quantitative estimate of drug-likeness (QED) is 0.379. The molecule has 2 fully saturated rings. The lowest BCUT2D eigenvalue weighted by Gasteiger charge is -2.53. The maximum atomic E-state index is 13.5. The van der Waals surface area contributed by atoms with Crippen LogP contribution in [0.4, 0.5) is 13.2 Å². The van der Waals surface area contributed by atoms with Crippen molar-refractivity contribution in [1.29, 1.82) is 0 Å². The van der Waals surface area contributed by atoms with Gasteiger partial charge in [-0.25, -0.2) is 0 Å². The number of fused-ring (bicyclic) bond motifs is 5. The van der Waals surface area contributed by atoms with Gasteiger partial charge in [-0.15, -0.1) is 0 Å². The number of aliphatic hydroxyl groups is 1. The maximum absolute atomic E-state index is 13.5. The molecule has 3 aromatic rings. The fraction of sp³-hybridized carbons (Fsp3) is 0.438. The number of halogens is 3. The average molecular weight is 507 g/mol. The first-order chi connectivity index (χ1) is 17.6. The molecular formula is C32H33F3O2. The molecule has 37 heavy (non-hydrogen) atoms. The highest BCUT2D eigenvalue weighted by Crippen LogP contribution is 2.65. The van der Waals surface area contributed by atoms with Crippen molar-refractivity contribution in [3.8, 4) is 16.9 Å². The minimum absolute atomic E-state index is 0.178. The van der Waals surface area contributed by atoms with Crippen LogP contribution in [-0.4, -0.2) is 15.8 Å². The summed E-state index contributed by atoms with van der Waals surface area (Å²) < 4.78 is 40.5. The van der Waals surface area contributed by atoms with Gasteiger partial charge in [0.05, 0.1) is 11.2 Å². The third kappa shape index (κ3) is 3.98. The molecule has 2 N–H and O–H groups in total. The lowest BCUT2D eigenvalue weighted by molar-refractivity contribution is -0.137. The van der Waals surface area contributed by atoms with Crippen molar-refractivity contribution in [2.75, 3.05) is 0 Å². The second-order valence-electron chi connectivity index (χ2n) is 11.7. The largest absolute Gasteiger partial charge is 0.508 e. The second-order valence-corrected chi connectivity index (χ2v) is 11.7. The van der Waals surface area contributed by atoms with Crippen LogP contribution in [0.2, 0.25) is 0 Å². The number of phenols is 1. The molecule has 2 saturated carbocycles. The van der Waals surface area contributed by atoms with Gasteiger partial charge in [0.15, 0.2) is 0 Å². The van der Waals surface area contributed by atoms with Crippen LogP contribution in [0.15, 0.2) is 66.7 Å². The molecule has 3 aliphatic carbocycles. The number of phenolic OH excluding ortho intramolecular Hbond substituents is 1. The van der Waals surface area contributed by atoms with E-state index in [-0.39, 0.29) is 11.0 Å². The van der Waals surface area contributed by atoms with E-state index in [9.17, 15) is 23.4 Å². The normalized spacial score (nSPS) is 30.9. The summed E-state index contributed by atoms with van der Waals surface area (Å²) in [6.07, 6.45) is 1.90. The van der Waals surface area contributed by atoms with Gasteiger partial charge in [0.2, 0.25) is 0 Å². The number of aromatic hydroxyl groups is 1. The molecule has 0 heterocycles. The van der Waals surface area contributed by atoms with Crippen LogP contribution in [0.3, 0.4) is 0 Å². The van der Waals surface area contributed by atoms with Gasteiger partial charge in [-0.1, -0.05) is 55.5 Å². The smallest absolute Gasteiger partial charge is 0.417 e. The van der Waals surface area contributed by atoms with E-state index in [1.807, 2.05) is 18.2 Å². The Hall–Kier alpha value is -2.79. The van der Waals surface area contributed by atoms with E-state index < -0.39 is 17.3 Å². The van der Waals surface area contributed by atoms with Gasteiger partial charge >= 0.3 is 6.18 Å². The zero-order valence-corrected chi connectivity index (χ0v) is 21.1. The van der Waals surface area contributed by atoms with Gasteiger partial charge < -0.3 is 10.2 Å². The summed E-state index contributed by atoms with van der Waals surface area (Å²) in [5.74, 6) is 1.79. The Kier molecular flexibility index (Phi) is 5.72. The molecule has 0 unspecified atom stereocenters. The van der Waals surface area contributed by atoms with Crippen molar-refractivity contribution in [3.63, 3.8) is 0 Å². The molecular weight excluding hydrogens is 473 g/mol. The number of rotatable bonds is 3. The molecule has 6 rings (SSSR count). The fourth-order valence-electron chi connectivity index (χ4n) is 8.09. The van der Waals surface area contributed by atoms with E-state index in [4.69, 9.17) is 0 Å². The summed E-state index contributed by atoms with van der Waals surface area (Å²) in [5.41, 5.74) is 2.67. The summed E-state index contributed by atoms with van der Waals surface area (Å²) >= 11 is 0. The highest BCUT2D eigenvalue weighted by Gasteiger charge is 2.61. The predicted octanol–water partition coefficient (Wildman–Crippen LogP) is 7.91. The first-order valence-corrected chi connectivity index (χ1v) is 13.4. The highest BCUT2D eigenvalue weighted by molar-refractivity contribution is 5.68. The van der Waals surface area contributed by atoms with Gasteiger partial charge in [0.25, 0.3) is 0 Å². The Morgan fingerprint density at radius 2 is 1.68 bits per heavy atom. The van der Waals surface area contributed by atoms with E-state index in [0.717, 1.165) is 50.2 Å². The number of aryl methyl sites for hydroxylation is 1. The lowest BCUT2D eigenvalue weighted by Crippen LogP contribution is -2.51. The van der Waals surface area contributed by atoms with Crippen molar-refractivity contribution in [2.45, 2.75) is 69.6 Å². The molecule has 0 aliphatic heterocycles. The van der Waals surface area contributed by atoms with Crippen LogP contribution in [0.1, 0.15) is 67.2 Å². The minimum Gasteiger partial charge on any atom is -0.508 e. The Bertz CT molecular complexity index is 1310. The summed E-state index contributed by atoms with van der Waals surface area (Å²) in [7, 11) is 0. The Labute approximate surface area is 216 Å². The predicted molar refractivity (Wildman–Crippen MR) is 138 cm³/mol. The Morgan fingerprint density at radius 1 is 0.919 bits per heavy atom. The van der Waals surface area contributed by atoms with Crippen LogP contribution in [0, 0.1) is 17.3 Å². The van der Waals surface area contributed by atoms with Crippen molar-refractivity contribution in [1.82, 2.24) is 0 Å². The van der Waals surface area contributed by atoms with Crippen molar-refractivity contribution >= 4 is 0 Å². The Balaban J connectivity index is 1.24. The molecule has 0 bridgehead atoms. The molecule has 194 valence electrons. The van der Waals surface area contributed by atoms with Crippen molar-refractivity contribution < 1.29 is 23.4 Å². The summed E-state index contributed by atoms with van der Waals surface area (Å²) in [4.78, 5) is 0. The highest BCUT2D eigenvalue weighted by atomic mass is 19.4. The summed E-state index contributed by atoms with van der Waals surface area (Å²) in [5, 5.41) is 22.0. The zero-order chi connectivity index (χ0) is 26.0. The minimum atomic E-state index is -4.41. The van der Waals surface area contributed by atoms with Crippen molar-refractivity contribution in [3.05, 3.63) is 89.0 Å². The van der Waals surface area contributed by atoms with Gasteiger partial charge in [-0.05, 0) is 108 Å². The molecule has 0 spiro atoms. The first kappa shape index (κ1) is 24.5. The summed E-state index contributed by atoms with van der Waals surface area (Å²) in [6.45, 7) is 2.27. The third-order valence-corrected chi connectivity index (χ3v) is 10.0. The maximum Gasteiger partial charge on any atom is 0.417 e. The van der Waals surface area contributed by atoms with E-state index in [0.29, 0.717) is 35.5 Å². The molecule has 2 nitrogen and oxygen atoms in total. The van der Waals surface area contributed by atoms with Crippen molar-refractivity contribution in [2.24, 2.45) is 17.3 Å². The fourth-order valence-corrected chi connectivity index (χ4v) is 8.09. The molecule has 0 aromatic heterocycles. The molecule has 3 aliphatic rings.